The minimum atomic E-state index is -6.56. The van der Waals surface area contributed by atoms with Crippen molar-refractivity contribution in [1.29, 1.82) is 0 Å². The first-order chi connectivity index (χ1) is 17.7. The molecule has 16 heteroatoms. The molecule has 0 aromatic heterocycles. The van der Waals surface area contributed by atoms with Gasteiger partial charge in [0, 0.05) is 26.7 Å². The topological polar surface area (TPSA) is 104 Å². The Labute approximate surface area is 213 Å². The van der Waals surface area contributed by atoms with Crippen LogP contribution in [0.15, 0.2) is 24.3 Å². The van der Waals surface area contributed by atoms with Crippen LogP contribution in [-0.4, -0.2) is 99.6 Å². The Hall–Kier alpha value is -2.85. The van der Waals surface area contributed by atoms with Crippen LogP contribution in [0.1, 0.15) is 12.5 Å². The predicted octanol–water partition coefficient (Wildman–Crippen LogP) is 3.99. The van der Waals surface area contributed by atoms with E-state index < -0.39 is 49.5 Å². The molecule has 0 radical (unpaired) electrons. The molecule has 9 nitrogen and oxygen atoms in total. The van der Waals surface area contributed by atoms with Crippen molar-refractivity contribution >= 4 is 12.1 Å². The van der Waals surface area contributed by atoms with Crippen LogP contribution in [-0.2, 0) is 30.2 Å². The number of aliphatic carboxylic acids is 1. The van der Waals surface area contributed by atoms with Crippen molar-refractivity contribution in [2.75, 3.05) is 53.2 Å². The van der Waals surface area contributed by atoms with E-state index in [-0.39, 0.29) is 45.1 Å². The van der Waals surface area contributed by atoms with Gasteiger partial charge in [0.05, 0.1) is 19.8 Å². The number of ether oxygens (including phenoxy) is 5. The third kappa shape index (κ3) is 10.1. The minimum absolute atomic E-state index is 0.0269. The molecule has 0 aliphatic rings. The summed E-state index contributed by atoms with van der Waals surface area (Å²) in [7, 11) is 1.31. The van der Waals surface area contributed by atoms with Crippen LogP contribution < -0.4 is 4.74 Å². The van der Waals surface area contributed by atoms with Gasteiger partial charge in [-0.05, 0) is 24.6 Å². The summed E-state index contributed by atoms with van der Waals surface area (Å²) in [6.45, 7) is -1.23. The normalized spacial score (nSPS) is 13.2. The van der Waals surface area contributed by atoms with Gasteiger partial charge in [-0.1, -0.05) is 12.1 Å². The van der Waals surface area contributed by atoms with Gasteiger partial charge >= 0.3 is 30.3 Å². The molecule has 1 amide bonds. The number of hydrogen-bond donors (Lipinski definition) is 1. The quantitative estimate of drug-likeness (QED) is 0.223. The molecule has 1 atom stereocenters. The monoisotopic (exact) mass is 567 g/mol. The first-order valence-corrected chi connectivity index (χ1v) is 11.1. The molecule has 0 spiro atoms. The number of rotatable bonds is 17. The van der Waals surface area contributed by atoms with Crippen LogP contribution in [0.25, 0.3) is 0 Å². The van der Waals surface area contributed by atoms with E-state index in [0.29, 0.717) is 10.5 Å². The number of carbonyl (C=O) groups is 2. The maximum Gasteiger partial charge on any atom is 0.462 e. The number of carboxylic acids is 1. The second-order valence-electron chi connectivity index (χ2n) is 7.51. The average molecular weight is 567 g/mol. The van der Waals surface area contributed by atoms with Crippen LogP contribution in [0, 0.1) is 0 Å². The summed E-state index contributed by atoms with van der Waals surface area (Å²) in [5.41, 5.74) is 0.621. The highest BCUT2D eigenvalue weighted by Crippen LogP contribution is 2.46. The second kappa shape index (κ2) is 14.9. The summed E-state index contributed by atoms with van der Waals surface area (Å²) in [5.74, 6) is -7.31. The zero-order valence-electron chi connectivity index (χ0n) is 20.4. The molecule has 218 valence electrons. The van der Waals surface area contributed by atoms with E-state index in [1.807, 2.05) is 0 Å². The number of methoxy groups -OCH3 is 1. The smallest absolute Gasteiger partial charge is 0.462 e. The van der Waals surface area contributed by atoms with Crippen LogP contribution in [0.2, 0.25) is 0 Å². The van der Waals surface area contributed by atoms with E-state index in [1.165, 1.54) is 19.2 Å². The summed E-state index contributed by atoms with van der Waals surface area (Å²) in [6, 6.07) is 6.12. The maximum absolute atomic E-state index is 13.4. The molecule has 0 saturated heterocycles. The number of halogens is 7. The molecule has 1 N–H and O–H groups in total. The largest absolute Gasteiger partial charge is 0.492 e. The Balaban J connectivity index is 2.73. The zero-order chi connectivity index (χ0) is 29.0. The molecule has 0 fully saturated rings. The second-order valence-corrected chi connectivity index (χ2v) is 7.51. The molecule has 38 heavy (non-hydrogen) atoms. The van der Waals surface area contributed by atoms with Crippen LogP contribution in [0.4, 0.5) is 35.5 Å². The zero-order valence-corrected chi connectivity index (χ0v) is 20.4. The van der Waals surface area contributed by atoms with E-state index >= 15 is 0 Å². The molecule has 0 aliphatic carbocycles. The summed E-state index contributed by atoms with van der Waals surface area (Å²) < 4.78 is 113. The van der Waals surface area contributed by atoms with Crippen molar-refractivity contribution in [3.05, 3.63) is 29.8 Å². The van der Waals surface area contributed by atoms with Gasteiger partial charge in [-0.2, -0.15) is 30.7 Å². The third-order valence-corrected chi connectivity index (χ3v) is 4.75. The lowest BCUT2D eigenvalue weighted by Crippen LogP contribution is -2.54. The van der Waals surface area contributed by atoms with Gasteiger partial charge in [0.25, 0.3) is 0 Å². The lowest BCUT2D eigenvalue weighted by atomic mass is 10.1. The molecular weight excluding hydrogens is 539 g/mol. The number of hydrogen-bond acceptors (Lipinski definition) is 7. The summed E-state index contributed by atoms with van der Waals surface area (Å²) in [4.78, 5) is 24.1. The first-order valence-electron chi connectivity index (χ1n) is 11.1. The van der Waals surface area contributed by atoms with Crippen LogP contribution in [0.3, 0.4) is 0 Å². The minimum Gasteiger partial charge on any atom is -0.492 e. The van der Waals surface area contributed by atoms with Gasteiger partial charge in [-0.15, -0.1) is 0 Å². The Kier molecular flexibility index (Phi) is 13.0. The third-order valence-electron chi connectivity index (χ3n) is 4.75. The number of benzene rings is 1. The highest BCUT2D eigenvalue weighted by Gasteiger charge is 2.74. The van der Waals surface area contributed by atoms with E-state index in [9.17, 15) is 40.3 Å². The number of carbonyl (C=O) groups excluding carboxylic acids is 1. The van der Waals surface area contributed by atoms with Crippen molar-refractivity contribution in [2.24, 2.45) is 0 Å². The molecule has 1 rings (SSSR count). The van der Waals surface area contributed by atoms with Crippen molar-refractivity contribution in [1.82, 2.24) is 4.90 Å². The Morgan fingerprint density at radius 2 is 1.55 bits per heavy atom. The average Bonchev–Trinajstić information content (AvgIpc) is 2.83. The summed E-state index contributed by atoms with van der Waals surface area (Å²) in [6.07, 6.45) is -14.5. The lowest BCUT2D eigenvalue weighted by Gasteiger charge is -2.28. The van der Waals surface area contributed by atoms with Gasteiger partial charge in [0.1, 0.15) is 19.0 Å². The number of alkyl halides is 7. The summed E-state index contributed by atoms with van der Waals surface area (Å²) in [5, 5.41) is 9.15. The number of amides is 1. The van der Waals surface area contributed by atoms with Gasteiger partial charge in [-0.3, -0.25) is 0 Å². The van der Waals surface area contributed by atoms with Gasteiger partial charge in [0.15, 0.2) is 6.10 Å². The lowest BCUT2D eigenvalue weighted by molar-refractivity contribution is -0.423. The standard InChI is InChI=1S/C22H28F7NO8/c1-3-35-17(18(31)32)14-15-4-6-16(7-5-15)36-10-8-30(19(33)37-13-12-34-2)9-11-38-22(28,29)20(23,24)21(25,26)27/h4-7,17H,3,8-14H2,1-2H3,(H,31,32). The molecule has 0 heterocycles. The molecule has 1 aromatic carbocycles. The fraction of sp³-hybridized carbons (Fsp3) is 0.636. The van der Waals surface area contributed by atoms with Gasteiger partial charge in [0.2, 0.25) is 0 Å². The van der Waals surface area contributed by atoms with Crippen molar-refractivity contribution in [3.63, 3.8) is 0 Å². The molecule has 1 unspecified atom stereocenters. The fourth-order valence-electron chi connectivity index (χ4n) is 2.77. The summed E-state index contributed by atoms with van der Waals surface area (Å²) >= 11 is 0. The van der Waals surface area contributed by atoms with Gasteiger partial charge in [-0.25, -0.2) is 9.59 Å². The molecule has 1 aromatic rings. The molecule has 0 bridgehead atoms. The van der Waals surface area contributed by atoms with Gasteiger partial charge < -0.3 is 33.7 Å². The Bertz CT molecular complexity index is 868. The van der Waals surface area contributed by atoms with E-state index in [2.05, 4.69) is 4.74 Å². The van der Waals surface area contributed by atoms with Crippen molar-refractivity contribution < 1.29 is 69.1 Å². The van der Waals surface area contributed by atoms with Crippen molar-refractivity contribution in [2.45, 2.75) is 37.7 Å². The van der Waals surface area contributed by atoms with Crippen LogP contribution >= 0.6 is 0 Å². The molecule has 0 aliphatic heterocycles. The van der Waals surface area contributed by atoms with Crippen LogP contribution in [0.5, 0.6) is 5.75 Å². The van der Waals surface area contributed by atoms with Crippen molar-refractivity contribution in [3.8, 4) is 5.75 Å². The molecular formula is C22H28F7NO8. The van der Waals surface area contributed by atoms with E-state index in [0.717, 1.165) is 0 Å². The first kappa shape index (κ1) is 33.2. The fourth-order valence-corrected chi connectivity index (χ4v) is 2.77. The number of nitrogens with zero attached hydrogens (tertiary/aromatic N) is 1. The molecule has 0 saturated carbocycles. The maximum atomic E-state index is 13.4. The van der Waals surface area contributed by atoms with E-state index in [4.69, 9.17) is 24.1 Å². The Morgan fingerprint density at radius 1 is 0.947 bits per heavy atom. The SMILES string of the molecule is CCOC(Cc1ccc(OCCN(CCOC(F)(F)C(F)(F)C(F)(F)F)C(=O)OCCOC)cc1)C(=O)O. The highest BCUT2D eigenvalue weighted by atomic mass is 19.4. The van der Waals surface area contributed by atoms with E-state index in [1.54, 1.807) is 19.1 Å². The highest BCUT2D eigenvalue weighted by molar-refractivity contribution is 5.72. The number of carboxylic acid groups (broad SMARTS) is 1. The Morgan fingerprint density at radius 3 is 2.08 bits per heavy atom. The predicted molar refractivity (Wildman–Crippen MR) is 115 cm³/mol.